The van der Waals surface area contributed by atoms with Gasteiger partial charge in [0.25, 0.3) is 0 Å². The van der Waals surface area contributed by atoms with Crippen LogP contribution in [0.15, 0.2) is 54.6 Å². The normalized spacial score (nSPS) is 21.3. The lowest BCUT2D eigenvalue weighted by molar-refractivity contribution is -0.126. The molecule has 4 rings (SSSR count). The predicted molar refractivity (Wildman–Crippen MR) is 128 cm³/mol. The molecule has 2 aliphatic heterocycles. The third-order valence-electron chi connectivity index (χ3n) is 6.40. The highest BCUT2D eigenvalue weighted by Gasteiger charge is 2.34. The second kappa shape index (κ2) is 10.8. The standard InChI is InChI=1S/C25H31ClN4O2/c26-22-8-10-23(11-9-22)28-25(32)30-17-20(19-6-2-1-3-7-19)16-21(18-30)24(31)27-12-15-29-13-4-5-14-29/h1-3,6-11,20-21H,4-5,12-18H2,(H,27,31)(H,28,32)/t20-,21-/m1/s1. The molecule has 32 heavy (non-hydrogen) atoms. The molecule has 170 valence electrons. The van der Waals surface area contributed by atoms with Crippen LogP contribution in [0.25, 0.3) is 0 Å². The molecule has 0 aliphatic carbocycles. The summed E-state index contributed by atoms with van der Waals surface area (Å²) in [5, 5.41) is 6.67. The average Bonchev–Trinajstić information content (AvgIpc) is 3.34. The molecule has 2 N–H and O–H groups in total. The Kier molecular flexibility index (Phi) is 7.66. The number of urea groups is 1. The molecule has 2 aliphatic rings. The molecule has 3 amide bonds. The number of hydrogen-bond acceptors (Lipinski definition) is 3. The first-order valence-electron chi connectivity index (χ1n) is 11.4. The highest BCUT2D eigenvalue weighted by Crippen LogP contribution is 2.31. The van der Waals surface area contributed by atoms with Crippen molar-refractivity contribution in [3.63, 3.8) is 0 Å². The van der Waals surface area contributed by atoms with Gasteiger partial charge < -0.3 is 20.4 Å². The molecule has 0 spiro atoms. The van der Waals surface area contributed by atoms with E-state index in [9.17, 15) is 9.59 Å². The fourth-order valence-corrected chi connectivity index (χ4v) is 4.77. The minimum absolute atomic E-state index is 0.0362. The van der Waals surface area contributed by atoms with E-state index < -0.39 is 0 Å². The van der Waals surface area contributed by atoms with Gasteiger partial charge in [0.2, 0.25) is 5.91 Å². The van der Waals surface area contributed by atoms with Crippen molar-refractivity contribution in [2.45, 2.75) is 25.2 Å². The van der Waals surface area contributed by atoms with E-state index in [2.05, 4.69) is 27.7 Å². The van der Waals surface area contributed by atoms with Crippen LogP contribution in [-0.4, -0.2) is 61.0 Å². The largest absolute Gasteiger partial charge is 0.355 e. The Hall–Kier alpha value is -2.57. The van der Waals surface area contributed by atoms with Gasteiger partial charge in [0, 0.05) is 42.8 Å². The third-order valence-corrected chi connectivity index (χ3v) is 6.65. The van der Waals surface area contributed by atoms with Crippen LogP contribution in [0.1, 0.15) is 30.7 Å². The Morgan fingerprint density at radius 3 is 2.41 bits per heavy atom. The minimum Gasteiger partial charge on any atom is -0.355 e. The van der Waals surface area contributed by atoms with Crippen molar-refractivity contribution >= 4 is 29.2 Å². The Labute approximate surface area is 194 Å². The monoisotopic (exact) mass is 454 g/mol. The molecule has 6 nitrogen and oxygen atoms in total. The van der Waals surface area contributed by atoms with E-state index in [0.717, 1.165) is 31.6 Å². The minimum atomic E-state index is -0.233. The fraction of sp³-hybridized carbons (Fsp3) is 0.440. The zero-order valence-corrected chi connectivity index (χ0v) is 19.1. The maximum Gasteiger partial charge on any atom is 0.321 e. The number of carbonyl (C=O) groups is 2. The van der Waals surface area contributed by atoms with Gasteiger partial charge in [0.1, 0.15) is 0 Å². The van der Waals surface area contributed by atoms with E-state index in [0.29, 0.717) is 30.3 Å². The number of benzene rings is 2. The molecule has 2 atom stereocenters. The summed E-state index contributed by atoms with van der Waals surface area (Å²) in [6.07, 6.45) is 3.23. The van der Waals surface area contributed by atoms with Gasteiger partial charge in [-0.3, -0.25) is 4.79 Å². The van der Waals surface area contributed by atoms with Crippen molar-refractivity contribution in [3.05, 3.63) is 65.2 Å². The van der Waals surface area contributed by atoms with Crippen LogP contribution in [0.2, 0.25) is 5.02 Å². The zero-order chi connectivity index (χ0) is 22.3. The molecule has 2 heterocycles. The summed E-state index contributed by atoms with van der Waals surface area (Å²) >= 11 is 5.95. The summed E-state index contributed by atoms with van der Waals surface area (Å²) in [5.74, 6) is -0.0760. The van der Waals surface area contributed by atoms with Crippen molar-refractivity contribution in [3.8, 4) is 0 Å². The molecule has 0 radical (unpaired) electrons. The highest BCUT2D eigenvalue weighted by molar-refractivity contribution is 6.30. The molecule has 2 saturated heterocycles. The van der Waals surface area contributed by atoms with E-state index >= 15 is 0 Å². The van der Waals surface area contributed by atoms with Gasteiger partial charge in [0.05, 0.1) is 5.92 Å². The summed E-state index contributed by atoms with van der Waals surface area (Å²) in [6.45, 7) is 4.78. The van der Waals surface area contributed by atoms with Crippen LogP contribution in [0, 0.1) is 5.92 Å². The van der Waals surface area contributed by atoms with Gasteiger partial charge >= 0.3 is 6.03 Å². The van der Waals surface area contributed by atoms with E-state index in [1.54, 1.807) is 29.2 Å². The number of amides is 3. The topological polar surface area (TPSA) is 64.7 Å². The Morgan fingerprint density at radius 1 is 0.969 bits per heavy atom. The van der Waals surface area contributed by atoms with E-state index in [-0.39, 0.29) is 23.8 Å². The molecule has 0 unspecified atom stereocenters. The first-order valence-corrected chi connectivity index (χ1v) is 11.8. The average molecular weight is 455 g/mol. The van der Waals surface area contributed by atoms with Crippen molar-refractivity contribution in [2.75, 3.05) is 44.6 Å². The van der Waals surface area contributed by atoms with Gasteiger partial charge in [-0.1, -0.05) is 41.9 Å². The maximum absolute atomic E-state index is 13.0. The number of hydrogen-bond donors (Lipinski definition) is 2. The van der Waals surface area contributed by atoms with Crippen LogP contribution in [0.4, 0.5) is 10.5 Å². The molecular weight excluding hydrogens is 424 g/mol. The van der Waals surface area contributed by atoms with Crippen LogP contribution < -0.4 is 10.6 Å². The summed E-state index contributed by atoms with van der Waals surface area (Å²) in [6, 6.07) is 17.0. The number of likely N-dealkylation sites (tertiary alicyclic amines) is 2. The number of piperidine rings is 1. The van der Waals surface area contributed by atoms with Crippen LogP contribution in [0.5, 0.6) is 0 Å². The van der Waals surface area contributed by atoms with Crippen molar-refractivity contribution in [1.29, 1.82) is 0 Å². The molecule has 0 aromatic heterocycles. The first kappa shape index (κ1) is 22.6. The quantitative estimate of drug-likeness (QED) is 0.687. The van der Waals surface area contributed by atoms with Gasteiger partial charge in [-0.15, -0.1) is 0 Å². The lowest BCUT2D eigenvalue weighted by Crippen LogP contribution is -2.50. The number of nitrogens with one attached hydrogen (secondary N) is 2. The first-order chi connectivity index (χ1) is 15.6. The van der Waals surface area contributed by atoms with E-state index in [1.807, 2.05) is 18.2 Å². The summed E-state index contributed by atoms with van der Waals surface area (Å²) in [4.78, 5) is 30.2. The van der Waals surface area contributed by atoms with E-state index in [1.165, 1.54) is 12.8 Å². The SMILES string of the molecule is O=C(NCCN1CCCC1)[C@@H]1C[C@@H](c2ccccc2)CN(C(=O)Nc2ccc(Cl)cc2)C1. The summed E-state index contributed by atoms with van der Waals surface area (Å²) in [7, 11) is 0. The molecule has 0 bridgehead atoms. The van der Waals surface area contributed by atoms with Crippen LogP contribution in [-0.2, 0) is 4.79 Å². The lowest BCUT2D eigenvalue weighted by Gasteiger charge is -2.37. The van der Waals surface area contributed by atoms with Crippen molar-refractivity contribution in [1.82, 2.24) is 15.1 Å². The van der Waals surface area contributed by atoms with Crippen molar-refractivity contribution < 1.29 is 9.59 Å². The third kappa shape index (κ3) is 6.02. The predicted octanol–water partition coefficient (Wildman–Crippen LogP) is 4.19. The van der Waals surface area contributed by atoms with Gasteiger partial charge in [-0.2, -0.15) is 0 Å². The number of anilines is 1. The Bertz CT molecular complexity index is 900. The Morgan fingerprint density at radius 2 is 1.69 bits per heavy atom. The molecule has 2 aromatic rings. The van der Waals surface area contributed by atoms with Gasteiger partial charge in [-0.05, 0) is 62.2 Å². The zero-order valence-electron chi connectivity index (χ0n) is 18.3. The molecular formula is C25H31ClN4O2. The van der Waals surface area contributed by atoms with E-state index in [4.69, 9.17) is 11.6 Å². The smallest absolute Gasteiger partial charge is 0.321 e. The molecule has 2 fully saturated rings. The van der Waals surface area contributed by atoms with Gasteiger partial charge in [-0.25, -0.2) is 4.79 Å². The number of carbonyl (C=O) groups excluding carboxylic acids is 2. The van der Waals surface area contributed by atoms with Crippen molar-refractivity contribution in [2.24, 2.45) is 5.92 Å². The van der Waals surface area contributed by atoms with Crippen LogP contribution >= 0.6 is 11.6 Å². The lowest BCUT2D eigenvalue weighted by atomic mass is 9.84. The molecule has 2 aromatic carbocycles. The molecule has 0 saturated carbocycles. The number of halogens is 1. The maximum atomic E-state index is 13.0. The summed E-state index contributed by atoms with van der Waals surface area (Å²) in [5.41, 5.74) is 1.85. The Balaban J connectivity index is 1.41. The number of rotatable bonds is 6. The highest BCUT2D eigenvalue weighted by atomic mass is 35.5. The van der Waals surface area contributed by atoms with Crippen LogP contribution in [0.3, 0.4) is 0 Å². The van der Waals surface area contributed by atoms with Gasteiger partial charge in [0.15, 0.2) is 0 Å². The fourth-order valence-electron chi connectivity index (χ4n) is 4.65. The molecule has 7 heteroatoms. The number of nitrogens with zero attached hydrogens (tertiary/aromatic N) is 2. The second-order valence-electron chi connectivity index (χ2n) is 8.72. The second-order valence-corrected chi connectivity index (χ2v) is 9.16. The summed E-state index contributed by atoms with van der Waals surface area (Å²) < 4.78 is 0.